The number of para-hydroxylation sites is 1. The summed E-state index contributed by atoms with van der Waals surface area (Å²) in [6, 6.07) is 29.6. The molecule has 0 spiro atoms. The molecule has 0 aliphatic carbocycles. The van der Waals surface area contributed by atoms with Crippen LogP contribution in [0.25, 0.3) is 5.69 Å². The number of morpholine rings is 1. The van der Waals surface area contributed by atoms with Crippen molar-refractivity contribution in [3.05, 3.63) is 107 Å². The monoisotopic (exact) mass is 509 g/mol. The van der Waals surface area contributed by atoms with Gasteiger partial charge in [-0.1, -0.05) is 54.1 Å². The first-order valence-electron chi connectivity index (χ1n) is 12.8. The highest BCUT2D eigenvalue weighted by Gasteiger charge is 2.44. The maximum Gasteiger partial charge on any atom is 0.179 e. The van der Waals surface area contributed by atoms with Crippen molar-refractivity contribution < 1.29 is 4.74 Å². The number of nitrogens with zero attached hydrogens (tertiary/aromatic N) is 5. The number of hydrogen-bond acceptors (Lipinski definition) is 3. The summed E-state index contributed by atoms with van der Waals surface area (Å²) in [5, 5.41) is 6.43. The zero-order chi connectivity index (χ0) is 25.4. The van der Waals surface area contributed by atoms with Gasteiger partial charge in [0.25, 0.3) is 0 Å². The largest absolute Gasteiger partial charge is 0.379 e. The number of aryl methyl sites for hydroxylation is 1. The molecule has 0 radical (unpaired) electrons. The lowest BCUT2D eigenvalue weighted by molar-refractivity contribution is 0.0744. The second kappa shape index (κ2) is 9.79. The molecule has 0 N–H and O–H groups in total. The van der Waals surface area contributed by atoms with E-state index in [0.29, 0.717) is 13.2 Å². The molecule has 2 aliphatic heterocycles. The Labute approximate surface area is 219 Å². The van der Waals surface area contributed by atoms with E-state index >= 15 is 0 Å². The van der Waals surface area contributed by atoms with Crippen molar-refractivity contribution in [1.29, 1.82) is 0 Å². The number of hydrogen-bond donors (Lipinski definition) is 0. The summed E-state index contributed by atoms with van der Waals surface area (Å²) >= 11 is 0. The van der Waals surface area contributed by atoms with Crippen LogP contribution in [0.4, 0.5) is 11.4 Å². The Balaban J connectivity index is 1.70. The van der Waals surface area contributed by atoms with Gasteiger partial charge in [0.15, 0.2) is 7.36 Å². The molecular formula is C30H32N5OP. The fourth-order valence-corrected chi connectivity index (χ4v) is 9.36. The van der Waals surface area contributed by atoms with E-state index < -0.39 is 7.36 Å². The molecule has 3 aromatic carbocycles. The molecule has 37 heavy (non-hydrogen) atoms. The van der Waals surface area contributed by atoms with Gasteiger partial charge in [0.2, 0.25) is 0 Å². The van der Waals surface area contributed by atoms with Gasteiger partial charge in [-0.15, -0.1) is 0 Å². The van der Waals surface area contributed by atoms with Gasteiger partial charge in [0.05, 0.1) is 36.1 Å². The summed E-state index contributed by atoms with van der Waals surface area (Å²) in [4.78, 5) is 0. The van der Waals surface area contributed by atoms with Gasteiger partial charge in [0.1, 0.15) is 0 Å². The number of benzene rings is 3. The normalized spacial score (nSPS) is 19.6. The van der Waals surface area contributed by atoms with Crippen molar-refractivity contribution in [2.75, 3.05) is 31.1 Å². The molecule has 3 heterocycles. The minimum atomic E-state index is -2.59. The topological polar surface area (TPSA) is 45.4 Å². The predicted octanol–water partition coefficient (Wildman–Crippen LogP) is 6.58. The second-order valence-electron chi connectivity index (χ2n) is 9.54. The fraction of sp³-hybridized carbons (Fsp3) is 0.233. The zero-order valence-corrected chi connectivity index (χ0v) is 22.5. The Kier molecular flexibility index (Phi) is 6.33. The van der Waals surface area contributed by atoms with E-state index in [2.05, 4.69) is 114 Å². The smallest absolute Gasteiger partial charge is 0.179 e. The van der Waals surface area contributed by atoms with E-state index in [1.807, 2.05) is 12.3 Å². The quantitative estimate of drug-likeness (QED) is 0.292. The van der Waals surface area contributed by atoms with Crippen LogP contribution in [0.5, 0.6) is 0 Å². The highest BCUT2D eigenvalue weighted by atomic mass is 31.2. The van der Waals surface area contributed by atoms with Crippen LogP contribution in [0.1, 0.15) is 22.5 Å². The van der Waals surface area contributed by atoms with Crippen LogP contribution in [0, 0.1) is 20.8 Å². The van der Waals surface area contributed by atoms with E-state index in [-0.39, 0.29) is 0 Å². The van der Waals surface area contributed by atoms with E-state index in [1.54, 1.807) is 0 Å². The minimum absolute atomic E-state index is 0.685. The number of rotatable bonds is 4. The number of aromatic nitrogens is 1. The average Bonchev–Trinajstić information content (AvgIpc) is 3.21. The summed E-state index contributed by atoms with van der Waals surface area (Å²) in [6.07, 6.45) is 2.04. The second-order valence-corrected chi connectivity index (χ2v) is 12.3. The van der Waals surface area contributed by atoms with Crippen molar-refractivity contribution >= 4 is 30.2 Å². The first kappa shape index (κ1) is 23.9. The highest BCUT2D eigenvalue weighted by molar-refractivity contribution is 7.73. The van der Waals surface area contributed by atoms with Crippen LogP contribution >= 0.6 is 7.36 Å². The third kappa shape index (κ3) is 4.06. The fourth-order valence-electron chi connectivity index (χ4n) is 5.43. The van der Waals surface area contributed by atoms with Gasteiger partial charge in [-0.05, 0) is 57.2 Å². The molecular weight excluding hydrogens is 477 g/mol. The summed E-state index contributed by atoms with van der Waals surface area (Å²) in [5.74, 6) is 0. The van der Waals surface area contributed by atoms with Gasteiger partial charge in [-0.2, -0.15) is 5.10 Å². The maximum absolute atomic E-state index is 5.83. The summed E-state index contributed by atoms with van der Waals surface area (Å²) in [7, 11) is -2.59. The Morgan fingerprint density at radius 3 is 2.08 bits per heavy atom. The molecule has 0 unspecified atom stereocenters. The Morgan fingerprint density at radius 1 is 0.757 bits per heavy atom. The third-order valence-electron chi connectivity index (χ3n) is 7.19. The molecule has 0 amide bonds. The SMILES string of the molecule is Cc1ccc(-n2c(C)c3c(c2C)[P@](=Nc2ccccc2)(N2CCOCC2)N(c2ccccc2)N=C3)cc1. The number of ether oxygens (including phenoxy) is 1. The van der Waals surface area contributed by atoms with E-state index in [0.717, 1.165) is 30.2 Å². The van der Waals surface area contributed by atoms with Gasteiger partial charge in [-0.25, -0.2) is 14.2 Å². The van der Waals surface area contributed by atoms with E-state index in [4.69, 9.17) is 14.6 Å². The molecule has 188 valence electrons. The third-order valence-corrected chi connectivity index (χ3v) is 10.9. The maximum atomic E-state index is 5.83. The highest BCUT2D eigenvalue weighted by Crippen LogP contribution is 2.62. The Hall–Kier alpha value is -3.44. The first-order valence-corrected chi connectivity index (χ1v) is 14.4. The van der Waals surface area contributed by atoms with Crippen LogP contribution in [-0.2, 0) is 4.74 Å². The molecule has 2 aliphatic rings. The van der Waals surface area contributed by atoms with Crippen LogP contribution in [0.3, 0.4) is 0 Å². The lowest BCUT2D eigenvalue weighted by Crippen LogP contribution is -2.44. The van der Waals surface area contributed by atoms with Gasteiger partial charge in [0, 0.05) is 35.7 Å². The van der Waals surface area contributed by atoms with Crippen molar-refractivity contribution in [3.63, 3.8) is 0 Å². The molecule has 1 atom stereocenters. The molecule has 4 aromatic rings. The Morgan fingerprint density at radius 2 is 1.41 bits per heavy atom. The molecule has 1 fully saturated rings. The molecule has 7 heteroatoms. The number of fused-ring (bicyclic) bond motifs is 1. The molecule has 1 aromatic heterocycles. The van der Waals surface area contributed by atoms with Crippen LogP contribution in [0.15, 0.2) is 94.8 Å². The van der Waals surface area contributed by atoms with Crippen molar-refractivity contribution in [1.82, 2.24) is 9.24 Å². The van der Waals surface area contributed by atoms with Crippen molar-refractivity contribution in [2.45, 2.75) is 20.8 Å². The summed E-state index contributed by atoms with van der Waals surface area (Å²) in [5.41, 5.74) is 7.99. The molecule has 1 saturated heterocycles. The number of anilines is 1. The lowest BCUT2D eigenvalue weighted by atomic mass is 10.2. The van der Waals surface area contributed by atoms with Gasteiger partial charge >= 0.3 is 0 Å². The van der Waals surface area contributed by atoms with Crippen LogP contribution < -0.4 is 10.1 Å². The first-order chi connectivity index (χ1) is 18.1. The lowest BCUT2D eigenvalue weighted by Gasteiger charge is -2.45. The standard InChI is InChI=1S/C30H32N5OP/c1-23-14-16-27(17-15-23)34-24(2)29-22-31-35(28-12-8-5-9-13-28)37(30(29)25(34)3,33-18-20-36-21-19-33)32-26-10-6-4-7-11-26/h4-17,22H,18-21H2,1-3H3/t37-/m0/s1. The minimum Gasteiger partial charge on any atom is -0.379 e. The number of hydrazone groups is 1. The molecule has 0 bridgehead atoms. The molecule has 0 saturated carbocycles. The van der Waals surface area contributed by atoms with Crippen molar-refractivity contribution in [2.24, 2.45) is 9.85 Å². The zero-order valence-electron chi connectivity index (χ0n) is 21.6. The Bertz CT molecular complexity index is 1490. The van der Waals surface area contributed by atoms with Crippen LogP contribution in [0.2, 0.25) is 0 Å². The summed E-state index contributed by atoms with van der Waals surface area (Å²) in [6.45, 7) is 9.54. The summed E-state index contributed by atoms with van der Waals surface area (Å²) < 4.78 is 18.6. The van der Waals surface area contributed by atoms with Crippen molar-refractivity contribution in [3.8, 4) is 5.69 Å². The molecule has 6 rings (SSSR count). The van der Waals surface area contributed by atoms with Gasteiger partial charge in [-0.3, -0.25) is 0 Å². The predicted molar refractivity (Wildman–Crippen MR) is 154 cm³/mol. The van der Waals surface area contributed by atoms with E-state index in [1.165, 1.54) is 27.8 Å². The van der Waals surface area contributed by atoms with Crippen LogP contribution in [-0.4, -0.2) is 41.8 Å². The van der Waals surface area contributed by atoms with E-state index in [9.17, 15) is 0 Å². The average molecular weight is 510 g/mol. The van der Waals surface area contributed by atoms with Gasteiger partial charge < -0.3 is 9.30 Å². The molecule has 6 nitrogen and oxygen atoms in total.